The fourth-order valence-corrected chi connectivity index (χ4v) is 3.84. The van der Waals surface area contributed by atoms with Gasteiger partial charge in [0.25, 0.3) is 0 Å². The molecule has 6 nitrogen and oxygen atoms in total. The van der Waals surface area contributed by atoms with Crippen molar-refractivity contribution in [3.63, 3.8) is 0 Å². The Kier molecular flexibility index (Phi) is 5.01. The van der Waals surface area contributed by atoms with Gasteiger partial charge < -0.3 is 18.6 Å². The van der Waals surface area contributed by atoms with Crippen LogP contribution in [0, 0.1) is 6.92 Å². The number of carbonyl (C=O) groups excluding carboxylic acids is 1. The number of ether oxygens (including phenoxy) is 3. The minimum absolute atomic E-state index is 0.0295. The summed E-state index contributed by atoms with van der Waals surface area (Å²) in [5, 5.41) is 0.803. The second-order valence-corrected chi connectivity index (χ2v) is 7.14. The second-order valence-electron chi connectivity index (χ2n) is 7.14. The quantitative estimate of drug-likeness (QED) is 0.482. The molecule has 0 amide bonds. The number of esters is 1. The maximum absolute atomic E-state index is 12.6. The summed E-state index contributed by atoms with van der Waals surface area (Å²) in [5.74, 6) is 0.555. The maximum atomic E-state index is 12.6. The molecule has 0 atom stereocenters. The maximum Gasteiger partial charge on any atom is 0.338 e. The van der Waals surface area contributed by atoms with Crippen LogP contribution in [0.2, 0.25) is 0 Å². The molecule has 0 saturated heterocycles. The Balaban J connectivity index is 1.63. The Hall–Kier alpha value is -3.28. The van der Waals surface area contributed by atoms with E-state index in [0.717, 1.165) is 30.2 Å². The number of fused-ring (bicyclic) bond motifs is 2. The van der Waals surface area contributed by atoms with Gasteiger partial charge >= 0.3 is 11.6 Å². The van der Waals surface area contributed by atoms with Gasteiger partial charge in [0, 0.05) is 22.6 Å². The van der Waals surface area contributed by atoms with Gasteiger partial charge in [0.2, 0.25) is 0 Å². The minimum atomic E-state index is -0.524. The van der Waals surface area contributed by atoms with Crippen molar-refractivity contribution in [1.82, 2.24) is 0 Å². The Bertz CT molecular complexity index is 1130. The first-order valence-corrected chi connectivity index (χ1v) is 9.48. The van der Waals surface area contributed by atoms with Gasteiger partial charge in [-0.15, -0.1) is 0 Å². The van der Waals surface area contributed by atoms with E-state index in [1.54, 1.807) is 12.1 Å². The SMILES string of the molecule is COc1cc(C(=O)OCc2cc(=O)oc3cc4c(cc23)CCC4)cc(OC)c1C. The number of hydrogen-bond acceptors (Lipinski definition) is 6. The predicted molar refractivity (Wildman–Crippen MR) is 108 cm³/mol. The van der Waals surface area contributed by atoms with Crippen molar-refractivity contribution in [3.05, 3.63) is 68.6 Å². The van der Waals surface area contributed by atoms with Gasteiger partial charge in [-0.25, -0.2) is 9.59 Å². The lowest BCUT2D eigenvalue weighted by Crippen LogP contribution is -2.09. The summed E-state index contributed by atoms with van der Waals surface area (Å²) >= 11 is 0. The van der Waals surface area contributed by atoms with Crippen LogP contribution in [0.1, 0.15) is 39.0 Å². The molecular formula is C23H22O6. The zero-order valence-corrected chi connectivity index (χ0v) is 16.7. The highest BCUT2D eigenvalue weighted by Gasteiger charge is 2.18. The lowest BCUT2D eigenvalue weighted by molar-refractivity contribution is 0.0473. The molecular weight excluding hydrogens is 372 g/mol. The first-order chi connectivity index (χ1) is 14.0. The molecule has 1 aromatic heterocycles. The summed E-state index contributed by atoms with van der Waals surface area (Å²) < 4.78 is 21.5. The molecule has 0 radical (unpaired) electrons. The van der Waals surface area contributed by atoms with Crippen molar-refractivity contribution in [2.24, 2.45) is 0 Å². The van der Waals surface area contributed by atoms with Crippen LogP contribution < -0.4 is 15.1 Å². The summed E-state index contributed by atoms with van der Waals surface area (Å²) in [6.07, 6.45) is 3.09. The molecule has 0 spiro atoms. The topological polar surface area (TPSA) is 75.0 Å². The largest absolute Gasteiger partial charge is 0.496 e. The lowest BCUT2D eigenvalue weighted by Gasteiger charge is -2.13. The number of methoxy groups -OCH3 is 2. The van der Waals surface area contributed by atoms with E-state index in [-0.39, 0.29) is 6.61 Å². The highest BCUT2D eigenvalue weighted by molar-refractivity contribution is 5.91. The molecule has 0 saturated carbocycles. The monoisotopic (exact) mass is 394 g/mol. The number of rotatable bonds is 5. The molecule has 1 heterocycles. The van der Waals surface area contributed by atoms with E-state index in [2.05, 4.69) is 0 Å². The summed E-state index contributed by atoms with van der Waals surface area (Å²) in [6, 6.07) is 8.59. The summed E-state index contributed by atoms with van der Waals surface area (Å²) in [6.45, 7) is 1.82. The average molecular weight is 394 g/mol. The van der Waals surface area contributed by atoms with Crippen molar-refractivity contribution in [1.29, 1.82) is 0 Å². The Morgan fingerprint density at radius 1 is 1.00 bits per heavy atom. The molecule has 4 rings (SSSR count). The first-order valence-electron chi connectivity index (χ1n) is 9.48. The van der Waals surface area contributed by atoms with Crippen molar-refractivity contribution in [2.45, 2.75) is 32.8 Å². The van der Waals surface area contributed by atoms with Crippen LogP contribution in [-0.2, 0) is 24.2 Å². The van der Waals surface area contributed by atoms with Crippen LogP contribution in [-0.4, -0.2) is 20.2 Å². The third-order valence-corrected chi connectivity index (χ3v) is 5.39. The zero-order chi connectivity index (χ0) is 20.5. The third kappa shape index (κ3) is 3.58. The van der Waals surface area contributed by atoms with Crippen LogP contribution in [0.15, 0.2) is 39.5 Å². The van der Waals surface area contributed by atoms with Gasteiger partial charge in [0.1, 0.15) is 23.7 Å². The highest BCUT2D eigenvalue weighted by Crippen LogP contribution is 2.31. The normalized spacial score (nSPS) is 12.7. The Morgan fingerprint density at radius 3 is 2.31 bits per heavy atom. The van der Waals surface area contributed by atoms with Gasteiger partial charge in [0.05, 0.1) is 19.8 Å². The van der Waals surface area contributed by atoms with Crippen LogP contribution in [0.5, 0.6) is 11.5 Å². The van der Waals surface area contributed by atoms with Crippen molar-refractivity contribution in [3.8, 4) is 11.5 Å². The Morgan fingerprint density at radius 2 is 1.66 bits per heavy atom. The van der Waals surface area contributed by atoms with E-state index in [4.69, 9.17) is 18.6 Å². The van der Waals surface area contributed by atoms with E-state index in [1.165, 1.54) is 31.4 Å². The van der Waals surface area contributed by atoms with Crippen molar-refractivity contribution in [2.75, 3.05) is 14.2 Å². The predicted octanol–water partition coefficient (Wildman–Crippen LogP) is 3.96. The second kappa shape index (κ2) is 7.62. The minimum Gasteiger partial charge on any atom is -0.496 e. The molecule has 3 aromatic rings. The van der Waals surface area contributed by atoms with Gasteiger partial charge in [-0.1, -0.05) is 0 Å². The number of benzene rings is 2. The fraction of sp³-hybridized carbons (Fsp3) is 0.304. The molecule has 0 unspecified atom stereocenters. The number of carbonyl (C=O) groups is 1. The zero-order valence-electron chi connectivity index (χ0n) is 16.7. The number of aryl methyl sites for hydroxylation is 2. The molecule has 0 N–H and O–H groups in total. The molecule has 150 valence electrons. The molecule has 0 aliphatic heterocycles. The summed E-state index contributed by atoms with van der Waals surface area (Å²) in [5.41, 5.74) is 4.29. The molecule has 1 aliphatic rings. The van der Waals surface area contributed by atoms with E-state index in [0.29, 0.717) is 28.2 Å². The first kappa shape index (κ1) is 19.1. The number of hydrogen-bond donors (Lipinski definition) is 0. The standard InChI is InChI=1S/C23H22O6/c1-13-19(26-2)9-16(10-20(13)27-3)23(25)28-12-17-11-22(24)29-21-8-15-6-4-5-14(15)7-18(17)21/h7-11H,4-6,12H2,1-3H3. The molecule has 29 heavy (non-hydrogen) atoms. The van der Waals surface area contributed by atoms with E-state index in [1.807, 2.05) is 19.1 Å². The van der Waals surface area contributed by atoms with Gasteiger partial charge in [-0.3, -0.25) is 0 Å². The molecule has 1 aliphatic carbocycles. The lowest BCUT2D eigenvalue weighted by atomic mass is 10.0. The van der Waals surface area contributed by atoms with Crippen LogP contribution in [0.4, 0.5) is 0 Å². The summed E-state index contributed by atoms with van der Waals surface area (Å²) in [4.78, 5) is 24.6. The van der Waals surface area contributed by atoms with Crippen molar-refractivity contribution < 1.29 is 23.4 Å². The smallest absolute Gasteiger partial charge is 0.338 e. The van der Waals surface area contributed by atoms with Crippen LogP contribution in [0.25, 0.3) is 11.0 Å². The summed E-state index contributed by atoms with van der Waals surface area (Å²) in [7, 11) is 3.06. The van der Waals surface area contributed by atoms with Gasteiger partial charge in [-0.2, -0.15) is 0 Å². The molecule has 2 aromatic carbocycles. The van der Waals surface area contributed by atoms with E-state index < -0.39 is 11.6 Å². The van der Waals surface area contributed by atoms with Crippen LogP contribution >= 0.6 is 0 Å². The average Bonchev–Trinajstić information content (AvgIpc) is 3.17. The van der Waals surface area contributed by atoms with E-state index in [9.17, 15) is 9.59 Å². The Labute approximate surface area is 168 Å². The highest BCUT2D eigenvalue weighted by atomic mass is 16.5. The van der Waals surface area contributed by atoms with Crippen LogP contribution in [0.3, 0.4) is 0 Å². The molecule has 6 heteroatoms. The van der Waals surface area contributed by atoms with Crippen molar-refractivity contribution >= 4 is 16.9 Å². The molecule has 0 fully saturated rings. The fourth-order valence-electron chi connectivity index (χ4n) is 3.84. The van der Waals surface area contributed by atoms with E-state index >= 15 is 0 Å². The third-order valence-electron chi connectivity index (χ3n) is 5.39. The molecule has 0 bridgehead atoms. The van der Waals surface area contributed by atoms with Gasteiger partial charge in [0.15, 0.2) is 0 Å². The van der Waals surface area contributed by atoms with Gasteiger partial charge in [-0.05, 0) is 61.6 Å².